The number of aryl methyl sites for hydroxylation is 1. The summed E-state index contributed by atoms with van der Waals surface area (Å²) in [4.78, 5) is 15.9. The van der Waals surface area contributed by atoms with Gasteiger partial charge in [0, 0.05) is 6.54 Å². The minimum atomic E-state index is -3.24. The minimum absolute atomic E-state index is 0.0598. The van der Waals surface area contributed by atoms with Crippen molar-refractivity contribution < 1.29 is 17.9 Å². The van der Waals surface area contributed by atoms with E-state index in [4.69, 9.17) is 0 Å². The smallest absolute Gasteiger partial charge is 0.350 e. The van der Waals surface area contributed by atoms with Crippen LogP contribution in [0.5, 0.6) is 0 Å². The number of esters is 1. The lowest BCUT2D eigenvalue weighted by atomic mass is 10.4. The summed E-state index contributed by atoms with van der Waals surface area (Å²) >= 11 is 1.14. The third-order valence-electron chi connectivity index (χ3n) is 2.13. The Labute approximate surface area is 110 Å². The molecule has 1 aromatic rings. The average Bonchev–Trinajstić information content (AvgIpc) is 2.69. The molecule has 0 bridgehead atoms. The number of nitrogens with zero attached hydrogens (tertiary/aromatic N) is 1. The number of ether oxygens (including phenoxy) is 1. The zero-order valence-electron chi connectivity index (χ0n) is 10.3. The number of anilines is 1. The van der Waals surface area contributed by atoms with Crippen LogP contribution in [0.25, 0.3) is 0 Å². The van der Waals surface area contributed by atoms with Gasteiger partial charge in [-0.3, -0.25) is 0 Å². The van der Waals surface area contributed by atoms with E-state index in [2.05, 4.69) is 19.8 Å². The van der Waals surface area contributed by atoms with Crippen LogP contribution in [-0.4, -0.2) is 45.8 Å². The molecule has 1 aromatic heterocycles. The lowest BCUT2D eigenvalue weighted by Crippen LogP contribution is -2.26. The second-order valence-corrected chi connectivity index (χ2v) is 6.42. The van der Waals surface area contributed by atoms with Crippen LogP contribution in [0, 0.1) is 6.92 Å². The maximum absolute atomic E-state index is 11.3. The van der Waals surface area contributed by atoms with E-state index >= 15 is 0 Å². The Morgan fingerprint density at radius 2 is 2.17 bits per heavy atom. The van der Waals surface area contributed by atoms with Gasteiger partial charge in [0.15, 0.2) is 5.13 Å². The fourth-order valence-corrected chi connectivity index (χ4v) is 2.63. The Balaban J connectivity index is 2.62. The normalized spacial score (nSPS) is 11.3. The van der Waals surface area contributed by atoms with Crippen molar-refractivity contribution in [3.8, 4) is 0 Å². The van der Waals surface area contributed by atoms with Crippen LogP contribution in [0.3, 0.4) is 0 Å². The molecule has 18 heavy (non-hydrogen) atoms. The highest BCUT2D eigenvalue weighted by Crippen LogP contribution is 2.22. The van der Waals surface area contributed by atoms with Crippen molar-refractivity contribution in [1.82, 2.24) is 9.71 Å². The second-order valence-electron chi connectivity index (χ2n) is 3.37. The van der Waals surface area contributed by atoms with Crippen molar-refractivity contribution in [2.75, 3.05) is 31.8 Å². The van der Waals surface area contributed by atoms with Crippen LogP contribution in [0.15, 0.2) is 0 Å². The van der Waals surface area contributed by atoms with E-state index in [9.17, 15) is 13.2 Å². The molecule has 0 saturated heterocycles. The number of hydrogen-bond donors (Lipinski definition) is 2. The Morgan fingerprint density at radius 3 is 2.72 bits per heavy atom. The first-order chi connectivity index (χ1) is 8.39. The van der Waals surface area contributed by atoms with Crippen LogP contribution < -0.4 is 10.0 Å². The lowest BCUT2D eigenvalue weighted by Gasteiger charge is -2.02. The predicted molar refractivity (Wildman–Crippen MR) is 69.5 cm³/mol. The maximum atomic E-state index is 11.3. The van der Waals surface area contributed by atoms with Crippen LogP contribution in [0.2, 0.25) is 0 Å². The molecule has 7 nitrogen and oxygen atoms in total. The van der Waals surface area contributed by atoms with E-state index in [-0.39, 0.29) is 12.3 Å². The number of sulfonamides is 1. The fourth-order valence-electron chi connectivity index (χ4n) is 1.15. The van der Waals surface area contributed by atoms with E-state index in [1.54, 1.807) is 6.92 Å². The van der Waals surface area contributed by atoms with Gasteiger partial charge < -0.3 is 10.1 Å². The van der Waals surface area contributed by atoms with Gasteiger partial charge in [-0.05, 0) is 14.0 Å². The van der Waals surface area contributed by atoms with Crippen LogP contribution in [0.1, 0.15) is 15.4 Å². The van der Waals surface area contributed by atoms with E-state index in [1.165, 1.54) is 14.2 Å². The molecule has 2 N–H and O–H groups in total. The predicted octanol–water partition coefficient (Wildman–Crippen LogP) is 0.199. The highest BCUT2D eigenvalue weighted by molar-refractivity contribution is 7.89. The summed E-state index contributed by atoms with van der Waals surface area (Å²) in [5.41, 5.74) is 0.561. The summed E-state index contributed by atoms with van der Waals surface area (Å²) < 4.78 is 29.2. The molecule has 9 heteroatoms. The zero-order valence-corrected chi connectivity index (χ0v) is 11.9. The number of aromatic nitrogens is 1. The highest BCUT2D eigenvalue weighted by Gasteiger charge is 2.15. The van der Waals surface area contributed by atoms with Crippen molar-refractivity contribution in [3.05, 3.63) is 10.6 Å². The average molecular weight is 293 g/mol. The number of nitrogens with one attached hydrogen (secondary N) is 2. The molecule has 0 spiro atoms. The molecule has 0 fully saturated rings. The molecule has 102 valence electrons. The largest absolute Gasteiger partial charge is 0.465 e. The van der Waals surface area contributed by atoms with Gasteiger partial charge in [-0.2, -0.15) is 0 Å². The fraction of sp³-hybridized carbons (Fsp3) is 0.556. The SMILES string of the molecule is CNS(=O)(=O)CCNc1nc(C)c(C(=O)OC)s1. The molecular formula is C9H15N3O4S2. The summed E-state index contributed by atoms with van der Waals surface area (Å²) in [6.45, 7) is 1.91. The van der Waals surface area contributed by atoms with Gasteiger partial charge >= 0.3 is 5.97 Å². The number of hydrogen-bond acceptors (Lipinski definition) is 7. The standard InChI is InChI=1S/C9H15N3O4S2/c1-6-7(8(13)16-3)17-9(12-6)11-4-5-18(14,15)10-2/h10H,4-5H2,1-3H3,(H,11,12). The van der Waals surface area contributed by atoms with E-state index < -0.39 is 16.0 Å². The summed E-state index contributed by atoms with van der Waals surface area (Å²) in [5.74, 6) is -0.503. The minimum Gasteiger partial charge on any atom is -0.465 e. The number of rotatable bonds is 6. The van der Waals surface area contributed by atoms with Crippen LogP contribution in [0.4, 0.5) is 5.13 Å². The molecule has 0 aliphatic carbocycles. The topological polar surface area (TPSA) is 97.4 Å². The lowest BCUT2D eigenvalue weighted by molar-refractivity contribution is 0.0605. The Morgan fingerprint density at radius 1 is 1.50 bits per heavy atom. The molecule has 0 unspecified atom stereocenters. The molecule has 0 aromatic carbocycles. The third kappa shape index (κ3) is 3.93. The van der Waals surface area contributed by atoms with Crippen LogP contribution >= 0.6 is 11.3 Å². The van der Waals surface area contributed by atoms with Gasteiger partial charge in [0.2, 0.25) is 10.0 Å². The van der Waals surface area contributed by atoms with Crippen molar-refractivity contribution in [2.45, 2.75) is 6.92 Å². The van der Waals surface area contributed by atoms with E-state index in [1.807, 2.05) is 0 Å². The van der Waals surface area contributed by atoms with Crippen molar-refractivity contribution in [1.29, 1.82) is 0 Å². The zero-order chi connectivity index (χ0) is 13.8. The van der Waals surface area contributed by atoms with Gasteiger partial charge in [-0.15, -0.1) is 0 Å². The number of thiazole rings is 1. The number of carbonyl (C=O) groups excluding carboxylic acids is 1. The monoisotopic (exact) mass is 293 g/mol. The number of carbonyl (C=O) groups is 1. The molecule has 0 radical (unpaired) electrons. The maximum Gasteiger partial charge on any atom is 0.350 e. The van der Waals surface area contributed by atoms with Crippen molar-refractivity contribution >= 4 is 32.5 Å². The molecule has 0 amide bonds. The van der Waals surface area contributed by atoms with E-state index in [0.717, 1.165) is 11.3 Å². The van der Waals surface area contributed by atoms with Gasteiger partial charge in [0.05, 0.1) is 18.6 Å². The molecule has 0 saturated carbocycles. The first-order valence-electron chi connectivity index (χ1n) is 5.10. The molecular weight excluding hydrogens is 278 g/mol. The van der Waals surface area contributed by atoms with Gasteiger partial charge in [0.1, 0.15) is 4.88 Å². The molecule has 0 aliphatic heterocycles. The first kappa shape index (κ1) is 14.9. The molecule has 0 aliphatic rings. The molecule has 1 rings (SSSR count). The van der Waals surface area contributed by atoms with Gasteiger partial charge in [0.25, 0.3) is 0 Å². The van der Waals surface area contributed by atoms with Crippen molar-refractivity contribution in [3.63, 3.8) is 0 Å². The Hall–Kier alpha value is -1.19. The van der Waals surface area contributed by atoms with Gasteiger partial charge in [-0.1, -0.05) is 11.3 Å². The summed E-state index contributed by atoms with van der Waals surface area (Å²) in [5, 5.41) is 3.35. The number of methoxy groups -OCH3 is 1. The first-order valence-corrected chi connectivity index (χ1v) is 7.57. The second kappa shape index (κ2) is 6.12. The van der Waals surface area contributed by atoms with Crippen LogP contribution in [-0.2, 0) is 14.8 Å². The van der Waals surface area contributed by atoms with E-state index in [0.29, 0.717) is 15.7 Å². The quantitative estimate of drug-likeness (QED) is 0.727. The highest BCUT2D eigenvalue weighted by atomic mass is 32.2. The summed E-state index contributed by atoms with van der Waals surface area (Å²) in [6.07, 6.45) is 0. The molecule has 1 heterocycles. The van der Waals surface area contributed by atoms with Gasteiger partial charge in [-0.25, -0.2) is 22.9 Å². The summed E-state index contributed by atoms with van der Waals surface area (Å²) in [7, 11) is -0.582. The van der Waals surface area contributed by atoms with Crippen molar-refractivity contribution in [2.24, 2.45) is 0 Å². The Kier molecular flexibility index (Phi) is 5.05. The summed E-state index contributed by atoms with van der Waals surface area (Å²) in [6, 6.07) is 0. The third-order valence-corrected chi connectivity index (χ3v) is 4.58. The molecule has 0 atom stereocenters. The Bertz CT molecular complexity index is 524.